The van der Waals surface area contributed by atoms with Gasteiger partial charge in [-0.05, 0) is 48.2 Å². The summed E-state index contributed by atoms with van der Waals surface area (Å²) in [5, 5.41) is 2.82. The van der Waals surface area contributed by atoms with E-state index in [9.17, 15) is 14.4 Å². The number of aliphatic imine (C=N–C) groups is 1. The molecular formula is C27H40BrN7O3. The number of amides is 3. The summed E-state index contributed by atoms with van der Waals surface area (Å²) in [6.45, 7) is 7.59. The molecule has 2 unspecified atom stereocenters. The van der Waals surface area contributed by atoms with Gasteiger partial charge in [-0.25, -0.2) is 0 Å². The molecular weight excluding hydrogens is 550 g/mol. The molecule has 11 heteroatoms. The van der Waals surface area contributed by atoms with Crippen LogP contribution in [0, 0.1) is 0 Å². The highest BCUT2D eigenvalue weighted by Gasteiger charge is 2.31. The summed E-state index contributed by atoms with van der Waals surface area (Å²) in [7, 11) is 0. The van der Waals surface area contributed by atoms with Gasteiger partial charge in [0.15, 0.2) is 0 Å². The third-order valence-corrected chi connectivity index (χ3v) is 6.52. The first-order valence-corrected chi connectivity index (χ1v) is 13.6. The van der Waals surface area contributed by atoms with Crippen molar-refractivity contribution in [1.29, 1.82) is 0 Å². The van der Waals surface area contributed by atoms with Crippen molar-refractivity contribution in [2.45, 2.75) is 44.7 Å². The number of hydrogen-bond donors (Lipinski definition) is 4. The Labute approximate surface area is 233 Å². The number of nitrogens with one attached hydrogen (secondary N) is 1. The van der Waals surface area contributed by atoms with Crippen LogP contribution in [0.2, 0.25) is 0 Å². The molecule has 10 nitrogen and oxygen atoms in total. The van der Waals surface area contributed by atoms with E-state index in [1.54, 1.807) is 4.90 Å². The number of carbonyl (C=O) groups is 3. The molecule has 38 heavy (non-hydrogen) atoms. The number of allylic oxidation sites excluding steroid dienone is 1. The first-order valence-electron chi connectivity index (χ1n) is 12.8. The summed E-state index contributed by atoms with van der Waals surface area (Å²) in [4.78, 5) is 46.7. The van der Waals surface area contributed by atoms with Gasteiger partial charge in [0.25, 0.3) is 0 Å². The van der Waals surface area contributed by atoms with Gasteiger partial charge in [0.05, 0.1) is 12.5 Å². The molecule has 0 aliphatic carbocycles. The number of rotatable bonds is 14. The average Bonchev–Trinajstić information content (AvgIpc) is 2.90. The molecule has 1 aliphatic heterocycles. The van der Waals surface area contributed by atoms with Crippen LogP contribution < -0.4 is 22.5 Å². The van der Waals surface area contributed by atoms with Crippen LogP contribution >= 0.6 is 15.9 Å². The van der Waals surface area contributed by atoms with Crippen LogP contribution in [-0.4, -0.2) is 85.6 Å². The quantitative estimate of drug-likeness (QED) is 0.237. The number of aryl methyl sites for hydroxylation is 1. The van der Waals surface area contributed by atoms with E-state index in [4.69, 9.17) is 17.2 Å². The molecule has 0 saturated heterocycles. The minimum atomic E-state index is -1.11. The third kappa shape index (κ3) is 9.79. The molecule has 0 radical (unpaired) electrons. The van der Waals surface area contributed by atoms with Crippen molar-refractivity contribution >= 4 is 40.4 Å². The highest BCUT2D eigenvalue weighted by molar-refractivity contribution is 9.11. The monoisotopic (exact) mass is 589 g/mol. The Morgan fingerprint density at radius 1 is 1.21 bits per heavy atom. The average molecular weight is 591 g/mol. The smallest absolute Gasteiger partial charge is 0.245 e. The molecule has 0 bridgehead atoms. The lowest BCUT2D eigenvalue weighted by Crippen LogP contribution is -2.54. The number of halogens is 1. The Morgan fingerprint density at radius 2 is 1.87 bits per heavy atom. The van der Waals surface area contributed by atoms with Crippen LogP contribution in [-0.2, 0) is 20.8 Å². The molecule has 0 fully saturated rings. The zero-order chi connectivity index (χ0) is 28.1. The van der Waals surface area contributed by atoms with E-state index in [2.05, 4.69) is 33.0 Å². The molecule has 7 N–H and O–H groups in total. The molecule has 1 aromatic rings. The number of nitrogens with zero attached hydrogens (tertiary/aromatic N) is 3. The van der Waals surface area contributed by atoms with Gasteiger partial charge in [0.2, 0.25) is 17.7 Å². The standard InChI is InChI=1S/C27H40BrN7O3/c1-19(28)16-21-18-35(13-10-23(21)32-2)27(38)24(9-8-20-6-4-3-5-7-20)33-26(37)22(31)17-25(36)34(14-11-29)15-12-30/h3-7,16,22,24H,2,8-15,17-18,29-31H2,1H3,(H,33,37). The predicted molar refractivity (Wildman–Crippen MR) is 154 cm³/mol. The summed E-state index contributed by atoms with van der Waals surface area (Å²) < 4.78 is 0.908. The molecule has 0 spiro atoms. The zero-order valence-corrected chi connectivity index (χ0v) is 23.7. The maximum absolute atomic E-state index is 13.7. The Kier molecular flexibility index (Phi) is 13.4. The van der Waals surface area contributed by atoms with E-state index >= 15 is 0 Å². The van der Waals surface area contributed by atoms with Gasteiger partial charge in [-0.3, -0.25) is 19.4 Å². The molecule has 1 aromatic carbocycles. The number of carbonyl (C=O) groups excluding carboxylic acids is 3. The van der Waals surface area contributed by atoms with Gasteiger partial charge in [-0.15, -0.1) is 0 Å². The Morgan fingerprint density at radius 3 is 2.45 bits per heavy atom. The van der Waals surface area contributed by atoms with Crippen LogP contribution in [0.25, 0.3) is 0 Å². The number of hydrogen-bond acceptors (Lipinski definition) is 7. The molecule has 3 amide bonds. The van der Waals surface area contributed by atoms with E-state index in [-0.39, 0.29) is 31.3 Å². The second-order valence-electron chi connectivity index (χ2n) is 9.23. The first-order chi connectivity index (χ1) is 18.2. The molecule has 2 atom stereocenters. The number of nitrogens with two attached hydrogens (primary N) is 3. The van der Waals surface area contributed by atoms with E-state index in [1.807, 2.05) is 43.3 Å². The fraction of sp³-hybridized carbons (Fsp3) is 0.481. The van der Waals surface area contributed by atoms with Gasteiger partial charge >= 0.3 is 0 Å². The van der Waals surface area contributed by atoms with Crippen LogP contribution in [0.3, 0.4) is 0 Å². The van der Waals surface area contributed by atoms with Crippen LogP contribution in [0.1, 0.15) is 31.7 Å². The maximum atomic E-state index is 13.7. The second-order valence-corrected chi connectivity index (χ2v) is 10.5. The van der Waals surface area contributed by atoms with Gasteiger partial charge in [0.1, 0.15) is 6.04 Å². The van der Waals surface area contributed by atoms with Crippen molar-refractivity contribution in [3.63, 3.8) is 0 Å². The molecule has 1 heterocycles. The first kappa shape index (κ1) is 31.4. The van der Waals surface area contributed by atoms with Crippen molar-refractivity contribution in [3.8, 4) is 0 Å². The molecule has 1 aliphatic rings. The van der Waals surface area contributed by atoms with Gasteiger partial charge in [-0.2, -0.15) is 0 Å². The highest BCUT2D eigenvalue weighted by atomic mass is 79.9. The summed E-state index contributed by atoms with van der Waals surface area (Å²) >= 11 is 3.45. The lowest BCUT2D eigenvalue weighted by atomic mass is 10.0. The topological polar surface area (TPSA) is 160 Å². The summed E-state index contributed by atoms with van der Waals surface area (Å²) in [6.07, 6.45) is 3.26. The molecule has 0 aromatic heterocycles. The van der Waals surface area contributed by atoms with Crippen molar-refractivity contribution < 1.29 is 14.4 Å². The zero-order valence-electron chi connectivity index (χ0n) is 22.1. The molecule has 208 valence electrons. The van der Waals surface area contributed by atoms with Crippen LogP contribution in [0.15, 0.2) is 57.2 Å². The lowest BCUT2D eigenvalue weighted by Gasteiger charge is -2.32. The SMILES string of the molecule is C=NC1=C(C=C(C)Br)CN(C(=O)C(CCc2ccccc2)NC(=O)C(N)CC(=O)N(CCN)CCN)CC1. The Bertz CT molecular complexity index is 1020. The summed E-state index contributed by atoms with van der Waals surface area (Å²) in [6, 6.07) is 7.83. The Balaban J connectivity index is 2.17. The van der Waals surface area contributed by atoms with Gasteiger partial charge in [0, 0.05) is 51.4 Å². The maximum Gasteiger partial charge on any atom is 0.245 e. The van der Waals surface area contributed by atoms with Crippen molar-refractivity contribution in [3.05, 3.63) is 57.7 Å². The minimum Gasteiger partial charge on any atom is -0.343 e. The fourth-order valence-corrected chi connectivity index (χ4v) is 4.59. The third-order valence-electron chi connectivity index (χ3n) is 6.29. The lowest BCUT2D eigenvalue weighted by molar-refractivity contribution is -0.137. The Hall–Kier alpha value is -2.86. The largest absolute Gasteiger partial charge is 0.343 e. The van der Waals surface area contributed by atoms with Crippen molar-refractivity contribution in [2.24, 2.45) is 22.2 Å². The van der Waals surface area contributed by atoms with E-state index in [0.717, 1.165) is 21.3 Å². The second kappa shape index (κ2) is 16.2. The van der Waals surface area contributed by atoms with Gasteiger partial charge in [-0.1, -0.05) is 46.3 Å². The fourth-order valence-electron chi connectivity index (χ4n) is 4.31. The van der Waals surface area contributed by atoms with Crippen molar-refractivity contribution in [2.75, 3.05) is 39.3 Å². The highest BCUT2D eigenvalue weighted by Crippen LogP contribution is 2.23. The van der Waals surface area contributed by atoms with E-state index in [1.165, 1.54) is 4.90 Å². The molecule has 2 rings (SSSR count). The predicted octanol–water partition coefficient (Wildman–Crippen LogP) is 1.05. The van der Waals surface area contributed by atoms with Gasteiger partial charge < -0.3 is 32.3 Å². The summed E-state index contributed by atoms with van der Waals surface area (Å²) in [5.41, 5.74) is 20.1. The van der Waals surface area contributed by atoms with Crippen molar-refractivity contribution in [1.82, 2.24) is 15.1 Å². The minimum absolute atomic E-state index is 0.203. The normalized spacial score (nSPS) is 15.6. The van der Waals surface area contributed by atoms with E-state index in [0.29, 0.717) is 45.4 Å². The van der Waals surface area contributed by atoms with Crippen LogP contribution in [0.4, 0.5) is 0 Å². The molecule has 0 saturated carbocycles. The number of benzene rings is 1. The van der Waals surface area contributed by atoms with Crippen LogP contribution in [0.5, 0.6) is 0 Å². The summed E-state index contributed by atoms with van der Waals surface area (Å²) in [5.74, 6) is -1.06. The van der Waals surface area contributed by atoms with E-state index < -0.39 is 18.0 Å².